The number of benzene rings is 1. The third-order valence-corrected chi connectivity index (χ3v) is 4.33. The fourth-order valence-electron chi connectivity index (χ4n) is 2.93. The molecule has 8 nitrogen and oxygen atoms in total. The number of amides is 1. The fourth-order valence-corrected chi connectivity index (χ4v) is 2.93. The normalized spacial score (nSPS) is 10.9. The van der Waals surface area contributed by atoms with Crippen LogP contribution in [0.2, 0.25) is 0 Å². The second kappa shape index (κ2) is 9.25. The van der Waals surface area contributed by atoms with Crippen molar-refractivity contribution < 1.29 is 9.53 Å². The number of carbonyl (C=O) groups is 1. The third-order valence-electron chi connectivity index (χ3n) is 4.33. The van der Waals surface area contributed by atoms with E-state index in [4.69, 9.17) is 10.5 Å². The number of nitrogens with one attached hydrogen (secondary N) is 1. The molecule has 152 valence electrons. The van der Waals surface area contributed by atoms with E-state index in [0.717, 1.165) is 6.42 Å². The van der Waals surface area contributed by atoms with Crippen molar-refractivity contribution in [3.63, 3.8) is 0 Å². The summed E-state index contributed by atoms with van der Waals surface area (Å²) < 4.78 is 6.49. The van der Waals surface area contributed by atoms with E-state index in [1.54, 1.807) is 24.3 Å². The lowest BCUT2D eigenvalue weighted by atomic mass is 10.1. The molecule has 2 rings (SSSR count). The van der Waals surface area contributed by atoms with Crippen molar-refractivity contribution >= 4 is 17.4 Å². The Labute approximate surface area is 163 Å². The standard InChI is InChI=1S/C20H28N4O4/c1-5-6-10-23(19(26)14-8-7-9-15(11-14)28-4)16-17(21)24(12-13(2)3)20(27)22-18(16)25/h7-9,11,13H,5-6,10,12,21H2,1-4H3,(H,22,25,27). The van der Waals surface area contributed by atoms with E-state index >= 15 is 0 Å². The lowest BCUT2D eigenvalue weighted by Gasteiger charge is -2.25. The van der Waals surface area contributed by atoms with Crippen LogP contribution in [-0.2, 0) is 6.54 Å². The summed E-state index contributed by atoms with van der Waals surface area (Å²) >= 11 is 0. The molecule has 1 heterocycles. The van der Waals surface area contributed by atoms with Crippen LogP contribution in [-0.4, -0.2) is 29.1 Å². The average Bonchev–Trinajstić information content (AvgIpc) is 2.66. The summed E-state index contributed by atoms with van der Waals surface area (Å²) in [7, 11) is 1.52. The highest BCUT2D eigenvalue weighted by molar-refractivity contribution is 6.07. The predicted molar refractivity (Wildman–Crippen MR) is 110 cm³/mol. The highest BCUT2D eigenvalue weighted by Crippen LogP contribution is 2.22. The van der Waals surface area contributed by atoms with Gasteiger partial charge in [-0.3, -0.25) is 19.1 Å². The maximum Gasteiger partial charge on any atom is 0.330 e. The molecule has 2 aromatic rings. The van der Waals surface area contributed by atoms with Crippen LogP contribution in [0.5, 0.6) is 5.75 Å². The zero-order chi connectivity index (χ0) is 20.8. The van der Waals surface area contributed by atoms with Gasteiger partial charge in [0.25, 0.3) is 11.5 Å². The smallest absolute Gasteiger partial charge is 0.330 e. The van der Waals surface area contributed by atoms with E-state index in [-0.39, 0.29) is 23.3 Å². The van der Waals surface area contributed by atoms with Crippen molar-refractivity contribution in [3.05, 3.63) is 50.7 Å². The SMILES string of the molecule is CCCCN(C(=O)c1cccc(OC)c1)c1c(N)n(CC(C)C)c(=O)[nH]c1=O. The van der Waals surface area contributed by atoms with Gasteiger partial charge in [0, 0.05) is 18.7 Å². The van der Waals surface area contributed by atoms with Gasteiger partial charge in [-0.15, -0.1) is 0 Å². The van der Waals surface area contributed by atoms with E-state index in [2.05, 4.69) is 4.98 Å². The van der Waals surface area contributed by atoms with Crippen LogP contribution in [0.15, 0.2) is 33.9 Å². The molecule has 8 heteroatoms. The van der Waals surface area contributed by atoms with Gasteiger partial charge >= 0.3 is 5.69 Å². The average molecular weight is 388 g/mol. The second-order valence-electron chi connectivity index (χ2n) is 7.04. The van der Waals surface area contributed by atoms with Gasteiger partial charge in [-0.05, 0) is 30.5 Å². The molecule has 0 saturated heterocycles. The fraction of sp³-hybridized carbons (Fsp3) is 0.450. The Morgan fingerprint density at radius 3 is 2.64 bits per heavy atom. The highest BCUT2D eigenvalue weighted by atomic mass is 16.5. The number of rotatable bonds is 8. The minimum absolute atomic E-state index is 0.00141. The van der Waals surface area contributed by atoms with Crippen molar-refractivity contribution in [3.8, 4) is 5.75 Å². The Hall–Kier alpha value is -3.03. The van der Waals surface area contributed by atoms with Crippen molar-refractivity contribution in [2.45, 2.75) is 40.2 Å². The van der Waals surface area contributed by atoms with Gasteiger partial charge in [-0.1, -0.05) is 33.3 Å². The van der Waals surface area contributed by atoms with E-state index in [1.807, 2.05) is 20.8 Å². The molecule has 0 unspecified atom stereocenters. The molecular formula is C20H28N4O4. The van der Waals surface area contributed by atoms with Crippen LogP contribution >= 0.6 is 0 Å². The Bertz CT molecular complexity index is 946. The molecule has 0 saturated carbocycles. The number of methoxy groups -OCH3 is 1. The van der Waals surface area contributed by atoms with Crippen molar-refractivity contribution in [1.29, 1.82) is 0 Å². The van der Waals surface area contributed by atoms with Crippen LogP contribution < -0.4 is 26.6 Å². The first kappa shape index (κ1) is 21.3. The van der Waals surface area contributed by atoms with Crippen LogP contribution in [0.3, 0.4) is 0 Å². The Kier molecular flexibility index (Phi) is 7.03. The molecule has 1 aromatic heterocycles. The molecule has 0 aliphatic rings. The first-order chi connectivity index (χ1) is 13.3. The number of nitrogen functional groups attached to an aromatic ring is 1. The summed E-state index contributed by atoms with van der Waals surface area (Å²) in [4.78, 5) is 41.7. The van der Waals surface area contributed by atoms with E-state index in [0.29, 0.717) is 30.8 Å². The molecular weight excluding hydrogens is 360 g/mol. The highest BCUT2D eigenvalue weighted by Gasteiger charge is 2.25. The Balaban J connectivity index is 2.60. The van der Waals surface area contributed by atoms with E-state index in [1.165, 1.54) is 16.6 Å². The largest absolute Gasteiger partial charge is 0.497 e. The van der Waals surface area contributed by atoms with E-state index in [9.17, 15) is 14.4 Å². The summed E-state index contributed by atoms with van der Waals surface area (Å²) in [6.07, 6.45) is 1.50. The number of hydrogen-bond donors (Lipinski definition) is 2. The molecule has 0 aliphatic carbocycles. The second-order valence-corrected chi connectivity index (χ2v) is 7.04. The maximum atomic E-state index is 13.2. The topological polar surface area (TPSA) is 110 Å². The number of ether oxygens (including phenoxy) is 1. The number of carbonyl (C=O) groups excluding carboxylic acids is 1. The number of hydrogen-bond acceptors (Lipinski definition) is 5. The summed E-state index contributed by atoms with van der Waals surface area (Å²) in [5.41, 5.74) is 5.32. The zero-order valence-corrected chi connectivity index (χ0v) is 16.8. The molecule has 0 bridgehead atoms. The maximum absolute atomic E-state index is 13.2. The third kappa shape index (κ3) is 4.62. The monoisotopic (exact) mass is 388 g/mol. The summed E-state index contributed by atoms with van der Waals surface area (Å²) in [5.74, 6) is 0.291. The van der Waals surface area contributed by atoms with Crippen LogP contribution in [0.4, 0.5) is 11.5 Å². The first-order valence-corrected chi connectivity index (χ1v) is 9.38. The van der Waals surface area contributed by atoms with Gasteiger partial charge in [0.1, 0.15) is 11.6 Å². The molecule has 3 N–H and O–H groups in total. The number of nitrogens with zero attached hydrogens (tertiary/aromatic N) is 2. The summed E-state index contributed by atoms with van der Waals surface area (Å²) in [6, 6.07) is 6.70. The van der Waals surface area contributed by atoms with E-state index < -0.39 is 11.2 Å². The van der Waals surface area contributed by atoms with Gasteiger partial charge in [0.2, 0.25) is 0 Å². The van der Waals surface area contributed by atoms with Crippen LogP contribution in [0, 0.1) is 5.92 Å². The number of aromatic amines is 1. The van der Waals surface area contributed by atoms with Gasteiger partial charge in [0.15, 0.2) is 5.69 Å². The molecule has 0 radical (unpaired) electrons. The number of nitrogens with two attached hydrogens (primary N) is 1. The molecule has 0 spiro atoms. The van der Waals surface area contributed by atoms with Gasteiger partial charge in [-0.2, -0.15) is 0 Å². The van der Waals surface area contributed by atoms with Crippen LogP contribution in [0.25, 0.3) is 0 Å². The van der Waals surface area contributed by atoms with Crippen molar-refractivity contribution in [2.24, 2.45) is 5.92 Å². The Morgan fingerprint density at radius 2 is 2.04 bits per heavy atom. The molecule has 1 amide bonds. The number of H-pyrrole nitrogens is 1. The van der Waals surface area contributed by atoms with Crippen molar-refractivity contribution in [2.75, 3.05) is 24.3 Å². The number of anilines is 2. The van der Waals surface area contributed by atoms with Gasteiger partial charge < -0.3 is 15.4 Å². The number of aromatic nitrogens is 2. The van der Waals surface area contributed by atoms with Crippen molar-refractivity contribution in [1.82, 2.24) is 9.55 Å². The molecule has 1 aromatic carbocycles. The zero-order valence-electron chi connectivity index (χ0n) is 16.8. The minimum atomic E-state index is -0.671. The molecule has 0 aliphatic heterocycles. The van der Waals surface area contributed by atoms with Gasteiger partial charge in [0.05, 0.1) is 7.11 Å². The van der Waals surface area contributed by atoms with Gasteiger partial charge in [-0.25, -0.2) is 4.79 Å². The molecule has 0 atom stereocenters. The summed E-state index contributed by atoms with van der Waals surface area (Å²) in [6.45, 7) is 6.50. The quantitative estimate of drug-likeness (QED) is 0.720. The van der Waals surface area contributed by atoms with Crippen LogP contribution in [0.1, 0.15) is 44.0 Å². The number of unbranched alkanes of at least 4 members (excludes halogenated alkanes) is 1. The first-order valence-electron chi connectivity index (χ1n) is 9.38. The molecule has 28 heavy (non-hydrogen) atoms. The lowest BCUT2D eigenvalue weighted by molar-refractivity contribution is 0.0986. The summed E-state index contributed by atoms with van der Waals surface area (Å²) in [5, 5.41) is 0. The predicted octanol–water partition coefficient (Wildman–Crippen LogP) is 2.23. The lowest BCUT2D eigenvalue weighted by Crippen LogP contribution is -2.42. The minimum Gasteiger partial charge on any atom is -0.497 e. The molecule has 0 fully saturated rings. The Morgan fingerprint density at radius 1 is 1.32 bits per heavy atom.